The second kappa shape index (κ2) is 7.89. The van der Waals surface area contributed by atoms with Crippen LogP contribution in [0.4, 0.5) is 26.3 Å². The van der Waals surface area contributed by atoms with Gasteiger partial charge in [-0.25, -0.2) is 0 Å². The van der Waals surface area contributed by atoms with Gasteiger partial charge in [-0.2, -0.15) is 43.2 Å². The van der Waals surface area contributed by atoms with Crippen molar-refractivity contribution in [2.24, 2.45) is 0 Å². The molecule has 15 heteroatoms. The molecule has 0 unspecified atom stereocenters. The molecule has 0 spiro atoms. The van der Waals surface area contributed by atoms with E-state index in [-0.39, 0.29) is 0 Å². The summed E-state index contributed by atoms with van der Waals surface area (Å²) >= 11 is 0. The summed E-state index contributed by atoms with van der Waals surface area (Å²) in [7, 11) is -11.7. The minimum atomic E-state index is -5.85. The minimum Gasteiger partial charge on any atom is -0.376 e. The number of nitrogens with one attached hydrogen (secondary N) is 1. The van der Waals surface area contributed by atoms with Crippen LogP contribution in [0.3, 0.4) is 0 Å². The Balaban J connectivity index is 1.61. The van der Waals surface area contributed by atoms with E-state index in [0.29, 0.717) is 43.4 Å². The predicted molar refractivity (Wildman–Crippen MR) is 122 cm³/mol. The van der Waals surface area contributed by atoms with Gasteiger partial charge < -0.3 is 13.4 Å². The fourth-order valence-electron chi connectivity index (χ4n) is 3.91. The van der Waals surface area contributed by atoms with Crippen LogP contribution in [-0.4, -0.2) is 32.8 Å². The van der Waals surface area contributed by atoms with E-state index in [0.717, 1.165) is 24.3 Å². The molecule has 1 N–H and O–H groups in total. The van der Waals surface area contributed by atoms with Gasteiger partial charge in [-0.3, -0.25) is 0 Å². The summed E-state index contributed by atoms with van der Waals surface area (Å²) in [6.45, 7) is 0. The van der Waals surface area contributed by atoms with Crippen molar-refractivity contribution in [3.63, 3.8) is 0 Å². The zero-order valence-electron chi connectivity index (χ0n) is 17.8. The molecule has 7 nitrogen and oxygen atoms in total. The topological polar surface area (TPSA) is 103 Å². The Kier molecular flexibility index (Phi) is 5.32. The first-order valence-corrected chi connectivity index (χ1v) is 12.8. The maximum absolute atomic E-state index is 12.6. The first kappa shape index (κ1) is 25.0. The molecule has 0 fully saturated rings. The van der Waals surface area contributed by atoms with Crippen molar-refractivity contribution in [1.82, 2.24) is 4.98 Å². The number of aromatic nitrogens is 1. The third kappa shape index (κ3) is 4.17. The lowest BCUT2D eigenvalue weighted by atomic mass is 10.0. The van der Waals surface area contributed by atoms with Gasteiger partial charge in [0.25, 0.3) is 0 Å². The number of hydrogen-bond acceptors (Lipinski definition) is 6. The minimum absolute atomic E-state index is 0.367. The lowest BCUT2D eigenvalue weighted by molar-refractivity contribution is -0.0504. The second-order valence-electron chi connectivity index (χ2n) is 7.83. The summed E-state index contributed by atoms with van der Waals surface area (Å²) in [5.41, 5.74) is -10.1. The third-order valence-electron chi connectivity index (χ3n) is 5.50. The van der Waals surface area contributed by atoms with E-state index in [4.69, 9.17) is 0 Å². The molecule has 0 saturated heterocycles. The molecule has 1 heterocycles. The quantitative estimate of drug-likeness (QED) is 0.161. The third-order valence-corrected chi connectivity index (χ3v) is 7.46. The zero-order valence-corrected chi connectivity index (χ0v) is 19.4. The summed E-state index contributed by atoms with van der Waals surface area (Å²) in [5.74, 6) is -1.07. The SMILES string of the molecule is O=S(=O)(Oc1ccc2c(ccc3c4ccc5cc(OS(=O)(=O)C(F)(F)F)ccc5c4[nH]c23)c1)C(F)(F)F. The molecule has 0 aliphatic rings. The summed E-state index contributed by atoms with van der Waals surface area (Å²) in [5, 5.41) is 3.17. The highest BCUT2D eigenvalue weighted by atomic mass is 32.2. The average Bonchev–Trinajstić information content (AvgIpc) is 3.16. The Bertz CT molecular complexity index is 1800. The zero-order chi connectivity index (χ0) is 27.0. The highest BCUT2D eigenvalue weighted by Crippen LogP contribution is 2.38. The van der Waals surface area contributed by atoms with Crippen molar-refractivity contribution in [2.45, 2.75) is 11.0 Å². The molecule has 0 radical (unpaired) electrons. The van der Waals surface area contributed by atoms with E-state index in [9.17, 15) is 43.2 Å². The van der Waals surface area contributed by atoms with E-state index in [1.807, 2.05) is 0 Å². The maximum atomic E-state index is 12.6. The van der Waals surface area contributed by atoms with E-state index in [1.165, 1.54) is 12.1 Å². The fraction of sp³-hybridized carbons (Fsp3) is 0.0909. The standard InChI is InChI=1S/C22H11F6NO6S2/c23-21(24,25)36(30,31)34-13-3-7-15-11(9-13)1-5-17-18-6-2-12-10-14(35-37(32,33)22(26,27)28)4-8-16(12)20(18)29-19(15)17/h1-10,29H. The van der Waals surface area contributed by atoms with E-state index >= 15 is 0 Å². The Morgan fingerprint density at radius 2 is 0.892 bits per heavy atom. The molecule has 0 saturated carbocycles. The van der Waals surface area contributed by atoms with Gasteiger partial charge in [-0.15, -0.1) is 0 Å². The molecule has 0 aliphatic carbocycles. The van der Waals surface area contributed by atoms with Gasteiger partial charge in [-0.1, -0.05) is 24.3 Å². The van der Waals surface area contributed by atoms with E-state index in [1.54, 1.807) is 24.3 Å². The monoisotopic (exact) mass is 563 g/mol. The van der Waals surface area contributed by atoms with Crippen LogP contribution in [0, 0.1) is 0 Å². The number of halogens is 6. The molecule has 5 aromatic rings. The van der Waals surface area contributed by atoms with Crippen LogP contribution in [0.25, 0.3) is 43.4 Å². The molecule has 0 bridgehead atoms. The van der Waals surface area contributed by atoms with Gasteiger partial charge in [0.15, 0.2) is 0 Å². The molecule has 37 heavy (non-hydrogen) atoms. The summed E-state index contributed by atoms with van der Waals surface area (Å²) in [6.07, 6.45) is 0. The Labute approximate surface area is 203 Å². The number of hydrogen-bond donors (Lipinski definition) is 1. The van der Waals surface area contributed by atoms with Crippen LogP contribution in [0.15, 0.2) is 60.7 Å². The number of rotatable bonds is 4. The van der Waals surface area contributed by atoms with Crippen molar-refractivity contribution in [3.8, 4) is 11.5 Å². The lowest BCUT2D eigenvalue weighted by Gasteiger charge is -2.10. The molecule has 1 aromatic heterocycles. The molecule has 0 amide bonds. The number of fused-ring (bicyclic) bond motifs is 7. The molecule has 5 rings (SSSR count). The van der Waals surface area contributed by atoms with Crippen LogP contribution in [0.1, 0.15) is 0 Å². The first-order chi connectivity index (χ1) is 17.1. The summed E-state index contributed by atoms with van der Waals surface area (Å²) < 4.78 is 129. The Hall–Kier alpha value is -3.72. The highest BCUT2D eigenvalue weighted by molar-refractivity contribution is 7.88. The van der Waals surface area contributed by atoms with Crippen LogP contribution in [0.2, 0.25) is 0 Å². The number of H-pyrrole nitrogens is 1. The number of alkyl halides is 6. The largest absolute Gasteiger partial charge is 0.534 e. The van der Waals surface area contributed by atoms with Crippen molar-refractivity contribution < 1.29 is 51.5 Å². The molecular formula is C22H11F6NO6S2. The van der Waals surface area contributed by atoms with Crippen LogP contribution >= 0.6 is 0 Å². The van der Waals surface area contributed by atoms with Crippen molar-refractivity contribution in [3.05, 3.63) is 60.7 Å². The van der Waals surface area contributed by atoms with Gasteiger partial charge in [0.05, 0.1) is 11.0 Å². The number of aromatic amines is 1. The van der Waals surface area contributed by atoms with E-state index in [2.05, 4.69) is 13.4 Å². The van der Waals surface area contributed by atoms with Gasteiger partial charge in [0, 0.05) is 21.5 Å². The van der Waals surface area contributed by atoms with Crippen LogP contribution < -0.4 is 8.37 Å². The number of benzene rings is 4. The molecular weight excluding hydrogens is 552 g/mol. The van der Waals surface area contributed by atoms with Gasteiger partial charge in [0.1, 0.15) is 11.5 Å². The summed E-state index contributed by atoms with van der Waals surface area (Å²) in [6, 6.07) is 13.6. The predicted octanol–water partition coefficient (Wildman–Crippen LogP) is 6.08. The molecule has 0 atom stereocenters. The highest BCUT2D eigenvalue weighted by Gasteiger charge is 2.49. The van der Waals surface area contributed by atoms with Gasteiger partial charge >= 0.3 is 31.3 Å². The Morgan fingerprint density at radius 3 is 1.24 bits per heavy atom. The lowest BCUT2D eigenvalue weighted by Crippen LogP contribution is -2.28. The normalized spacial score (nSPS) is 13.6. The second-order valence-corrected chi connectivity index (χ2v) is 10.9. The first-order valence-electron chi connectivity index (χ1n) is 10.00. The fourth-order valence-corrected chi connectivity index (χ4v) is 4.81. The van der Waals surface area contributed by atoms with Gasteiger partial charge in [0.2, 0.25) is 0 Å². The maximum Gasteiger partial charge on any atom is 0.534 e. The Morgan fingerprint density at radius 1 is 0.541 bits per heavy atom. The van der Waals surface area contributed by atoms with Crippen molar-refractivity contribution >= 4 is 63.6 Å². The molecule has 194 valence electrons. The molecule has 4 aromatic carbocycles. The smallest absolute Gasteiger partial charge is 0.376 e. The van der Waals surface area contributed by atoms with Crippen LogP contribution in [-0.2, 0) is 20.2 Å². The summed E-state index contributed by atoms with van der Waals surface area (Å²) in [4.78, 5) is 3.17. The van der Waals surface area contributed by atoms with E-state index < -0.39 is 42.8 Å². The molecule has 0 aliphatic heterocycles. The van der Waals surface area contributed by atoms with Crippen molar-refractivity contribution in [1.29, 1.82) is 0 Å². The van der Waals surface area contributed by atoms with Crippen LogP contribution in [0.5, 0.6) is 11.5 Å². The average molecular weight is 563 g/mol. The van der Waals surface area contributed by atoms with Crippen molar-refractivity contribution in [2.75, 3.05) is 0 Å². The van der Waals surface area contributed by atoms with Gasteiger partial charge in [-0.05, 0) is 47.2 Å².